The molecule has 2 fully saturated rings. The van der Waals surface area contributed by atoms with Gasteiger partial charge in [-0.2, -0.15) is 0 Å². The van der Waals surface area contributed by atoms with Gasteiger partial charge in [-0.05, 0) is 57.3 Å². The van der Waals surface area contributed by atoms with E-state index in [1.54, 1.807) is 0 Å². The maximum absolute atomic E-state index is 5.65. The number of piperidine rings is 1. The van der Waals surface area contributed by atoms with Crippen LogP contribution in [0.2, 0.25) is 5.31 Å². The fourth-order valence-corrected chi connectivity index (χ4v) is 5.51. The molecule has 1 heterocycles. The summed E-state index contributed by atoms with van der Waals surface area (Å²) in [6, 6.07) is 1.26. The summed E-state index contributed by atoms with van der Waals surface area (Å²) in [5.74, 6) is 2.49. The van der Waals surface area contributed by atoms with Crippen molar-refractivity contribution in [2.24, 2.45) is 17.8 Å². The van der Waals surface area contributed by atoms with Crippen molar-refractivity contribution in [1.82, 2.24) is 4.90 Å². The van der Waals surface area contributed by atoms with Gasteiger partial charge in [-0.15, -0.1) is 0 Å². The lowest BCUT2D eigenvalue weighted by Gasteiger charge is -2.57. The van der Waals surface area contributed by atoms with Gasteiger partial charge in [-0.3, -0.25) is 0 Å². The molecule has 0 spiro atoms. The van der Waals surface area contributed by atoms with Crippen molar-refractivity contribution in [3.05, 3.63) is 0 Å². The Morgan fingerprint density at radius 1 is 1.21 bits per heavy atom. The summed E-state index contributed by atoms with van der Waals surface area (Å²) < 4.78 is 0. The van der Waals surface area contributed by atoms with Crippen LogP contribution in [0, 0.1) is 17.8 Å². The van der Waals surface area contributed by atoms with E-state index in [1.807, 2.05) is 0 Å². The molecule has 19 heavy (non-hydrogen) atoms. The van der Waals surface area contributed by atoms with Crippen LogP contribution in [0.3, 0.4) is 0 Å². The third-order valence-electron chi connectivity index (χ3n) is 5.82. The van der Waals surface area contributed by atoms with Crippen molar-refractivity contribution in [2.45, 2.75) is 77.7 Å². The number of fused-ring (bicyclic) bond motifs is 1. The van der Waals surface area contributed by atoms with Crippen LogP contribution in [0.25, 0.3) is 0 Å². The molecule has 0 aromatic rings. The van der Waals surface area contributed by atoms with E-state index in [0.717, 1.165) is 24.2 Å². The van der Waals surface area contributed by atoms with Crippen LogP contribution in [0.15, 0.2) is 0 Å². The van der Waals surface area contributed by atoms with E-state index in [-0.39, 0.29) is 0 Å². The van der Waals surface area contributed by atoms with Crippen LogP contribution in [0.5, 0.6) is 0 Å². The number of likely N-dealkylation sites (tertiary alicyclic amines) is 1. The van der Waals surface area contributed by atoms with Crippen molar-refractivity contribution in [3.63, 3.8) is 0 Å². The van der Waals surface area contributed by atoms with Crippen molar-refractivity contribution < 1.29 is 0 Å². The first kappa shape index (κ1) is 15.3. The Morgan fingerprint density at radius 3 is 2.37 bits per heavy atom. The Hall–Kier alpha value is -0.0451. The lowest BCUT2D eigenvalue weighted by Crippen LogP contribution is -2.57. The topological polar surface area (TPSA) is 3.24 Å². The fourth-order valence-electron chi connectivity index (χ4n) is 5.05. The Bertz CT molecular complexity index is 351. The van der Waals surface area contributed by atoms with Crippen LogP contribution >= 0.6 is 12.2 Å². The lowest BCUT2D eigenvalue weighted by molar-refractivity contribution is 0.0395. The van der Waals surface area contributed by atoms with Crippen molar-refractivity contribution >= 4 is 25.1 Å². The molecule has 0 N–H and O–H groups in total. The smallest absolute Gasteiger partial charge is 0.109 e. The summed E-state index contributed by atoms with van der Waals surface area (Å²) >= 11 is 5.65. The number of thiocarbonyl (C=S) groups is 1. The molecule has 2 aliphatic rings. The average molecular weight is 279 g/mol. The number of rotatable bonds is 2. The first-order valence-corrected chi connectivity index (χ1v) is 8.48. The predicted octanol–water partition coefficient (Wildman–Crippen LogP) is 3.68. The van der Waals surface area contributed by atoms with Gasteiger partial charge in [0.1, 0.15) is 7.85 Å². The summed E-state index contributed by atoms with van der Waals surface area (Å²) in [7, 11) is 2.52. The summed E-state index contributed by atoms with van der Waals surface area (Å²) in [4.78, 5) is 3.79. The zero-order valence-corrected chi connectivity index (χ0v) is 14.4. The minimum absolute atomic E-state index is 0.459. The molecule has 1 aliphatic carbocycles. The minimum atomic E-state index is 0.459. The average Bonchev–Trinajstić information content (AvgIpc) is 2.26. The van der Waals surface area contributed by atoms with Gasteiger partial charge in [-0.1, -0.05) is 38.3 Å². The van der Waals surface area contributed by atoms with E-state index in [0.29, 0.717) is 17.4 Å². The quantitative estimate of drug-likeness (QED) is 0.560. The van der Waals surface area contributed by atoms with Gasteiger partial charge < -0.3 is 4.90 Å². The van der Waals surface area contributed by atoms with Gasteiger partial charge in [0, 0.05) is 12.1 Å². The maximum atomic E-state index is 5.65. The van der Waals surface area contributed by atoms with E-state index >= 15 is 0 Å². The largest absolute Gasteiger partial charge is 0.360 e. The molecule has 0 aromatic carbocycles. The molecule has 0 bridgehead atoms. The van der Waals surface area contributed by atoms with E-state index in [1.165, 1.54) is 24.3 Å². The molecule has 1 saturated carbocycles. The molecule has 3 heteroatoms. The molecule has 0 aromatic heterocycles. The van der Waals surface area contributed by atoms with E-state index in [9.17, 15) is 0 Å². The third-order valence-corrected chi connectivity index (χ3v) is 6.24. The standard InChI is InChI=1S/C16H30BNS/c1-10(2)12-6-8-14-13(16(12,5)17)7-9-15(19)18(14)11(3)4/h10-14H,6-9,17H2,1-5H3. The summed E-state index contributed by atoms with van der Waals surface area (Å²) in [5, 5.41) is 0.459. The maximum Gasteiger partial charge on any atom is 0.109 e. The molecule has 4 unspecified atom stereocenters. The Labute approximate surface area is 125 Å². The molecule has 0 radical (unpaired) electrons. The lowest BCUT2D eigenvalue weighted by atomic mass is 9.46. The van der Waals surface area contributed by atoms with Gasteiger partial charge in [0.15, 0.2) is 0 Å². The highest BCUT2D eigenvalue weighted by Gasteiger charge is 2.49. The number of hydrogen-bond donors (Lipinski definition) is 0. The molecule has 1 nitrogen and oxygen atoms in total. The normalized spacial score (nSPS) is 39.8. The Kier molecular flexibility index (Phi) is 4.35. The first-order chi connectivity index (χ1) is 8.76. The molecule has 2 rings (SSSR count). The predicted molar refractivity (Wildman–Crippen MR) is 90.6 cm³/mol. The van der Waals surface area contributed by atoms with E-state index < -0.39 is 0 Å². The van der Waals surface area contributed by atoms with Crippen molar-refractivity contribution in [3.8, 4) is 0 Å². The molecular weight excluding hydrogens is 249 g/mol. The number of nitrogens with zero attached hydrogens (tertiary/aromatic N) is 1. The fraction of sp³-hybridized carbons (Fsp3) is 0.938. The summed E-state index contributed by atoms with van der Waals surface area (Å²) in [6.07, 6.45) is 5.15. The van der Waals surface area contributed by atoms with Crippen LogP contribution < -0.4 is 0 Å². The zero-order valence-electron chi connectivity index (χ0n) is 13.6. The highest BCUT2D eigenvalue weighted by Crippen LogP contribution is 2.56. The Balaban J connectivity index is 2.27. The summed E-state index contributed by atoms with van der Waals surface area (Å²) in [5.41, 5.74) is 0. The van der Waals surface area contributed by atoms with Crippen LogP contribution in [-0.4, -0.2) is 29.8 Å². The van der Waals surface area contributed by atoms with Crippen LogP contribution in [0.4, 0.5) is 0 Å². The van der Waals surface area contributed by atoms with Gasteiger partial charge in [0.05, 0.1) is 4.99 Å². The second-order valence-corrected chi connectivity index (χ2v) is 8.33. The van der Waals surface area contributed by atoms with E-state index in [2.05, 4.69) is 47.4 Å². The third kappa shape index (κ3) is 2.60. The second-order valence-electron chi connectivity index (χ2n) is 7.86. The van der Waals surface area contributed by atoms with Gasteiger partial charge in [0.25, 0.3) is 0 Å². The SMILES string of the molecule is BC1(C)C(C(C)C)CCC2C1CCC(=S)N2C(C)C. The molecule has 0 amide bonds. The monoisotopic (exact) mass is 279 g/mol. The number of hydrogen-bond acceptors (Lipinski definition) is 1. The van der Waals surface area contributed by atoms with Crippen molar-refractivity contribution in [2.75, 3.05) is 0 Å². The molecule has 4 atom stereocenters. The van der Waals surface area contributed by atoms with Gasteiger partial charge >= 0.3 is 0 Å². The molecule has 1 saturated heterocycles. The molecule has 1 aliphatic heterocycles. The second kappa shape index (κ2) is 5.39. The molecular formula is C16H30BNS. The van der Waals surface area contributed by atoms with Crippen LogP contribution in [0.1, 0.15) is 60.3 Å². The van der Waals surface area contributed by atoms with Crippen LogP contribution in [-0.2, 0) is 0 Å². The van der Waals surface area contributed by atoms with E-state index in [4.69, 9.17) is 12.2 Å². The minimum Gasteiger partial charge on any atom is -0.360 e. The highest BCUT2D eigenvalue weighted by molar-refractivity contribution is 7.80. The van der Waals surface area contributed by atoms with Gasteiger partial charge in [0.2, 0.25) is 0 Å². The first-order valence-electron chi connectivity index (χ1n) is 8.08. The zero-order chi connectivity index (χ0) is 14.4. The van der Waals surface area contributed by atoms with Crippen molar-refractivity contribution in [1.29, 1.82) is 0 Å². The van der Waals surface area contributed by atoms with Gasteiger partial charge in [-0.25, -0.2) is 0 Å². The molecule has 108 valence electrons. The Morgan fingerprint density at radius 2 is 1.84 bits per heavy atom. The summed E-state index contributed by atoms with van der Waals surface area (Å²) in [6.45, 7) is 11.9. The highest BCUT2D eigenvalue weighted by atomic mass is 32.1.